The predicted molar refractivity (Wildman–Crippen MR) is 62.8 cm³/mol. The zero-order chi connectivity index (χ0) is 10.9. The van der Waals surface area contributed by atoms with Gasteiger partial charge in [0.05, 0.1) is 12.5 Å². The highest BCUT2D eigenvalue weighted by molar-refractivity contribution is 5.04. The lowest BCUT2D eigenvalue weighted by atomic mass is 10.2. The molecule has 0 aromatic carbocycles. The molecular weight excluding hydrogens is 188 g/mol. The van der Waals surface area contributed by atoms with Crippen molar-refractivity contribution in [3.05, 3.63) is 24.2 Å². The highest BCUT2D eigenvalue weighted by atomic mass is 16.3. The van der Waals surface area contributed by atoms with Crippen molar-refractivity contribution in [3.63, 3.8) is 0 Å². The Balaban J connectivity index is 1.85. The minimum atomic E-state index is 0.601. The van der Waals surface area contributed by atoms with Crippen LogP contribution >= 0.6 is 0 Å². The van der Waals surface area contributed by atoms with E-state index < -0.39 is 0 Å². The number of unbranched alkanes of at least 4 members (excludes halogenated alkanes) is 1. The standard InChI is InChI=1S/C12H22N2O/c1-11(2)14-7-4-3-6-13-9-12-5-8-15-10-12/h5,8,10-11,13-14H,3-4,6-7,9H2,1-2H3. The van der Waals surface area contributed by atoms with Crippen molar-refractivity contribution >= 4 is 0 Å². The van der Waals surface area contributed by atoms with Crippen molar-refractivity contribution in [2.24, 2.45) is 0 Å². The van der Waals surface area contributed by atoms with Crippen LogP contribution in [0.4, 0.5) is 0 Å². The fraction of sp³-hybridized carbons (Fsp3) is 0.667. The molecule has 1 rings (SSSR count). The topological polar surface area (TPSA) is 37.2 Å². The molecule has 0 fully saturated rings. The molecular formula is C12H22N2O. The summed E-state index contributed by atoms with van der Waals surface area (Å²) in [7, 11) is 0. The molecule has 0 saturated carbocycles. The summed E-state index contributed by atoms with van der Waals surface area (Å²) in [6.07, 6.45) is 5.95. The summed E-state index contributed by atoms with van der Waals surface area (Å²) in [5.74, 6) is 0. The first-order valence-corrected chi connectivity index (χ1v) is 5.74. The van der Waals surface area contributed by atoms with Gasteiger partial charge in [0.15, 0.2) is 0 Å². The molecule has 0 aliphatic carbocycles. The number of nitrogens with one attached hydrogen (secondary N) is 2. The summed E-state index contributed by atoms with van der Waals surface area (Å²) < 4.78 is 4.99. The van der Waals surface area contributed by atoms with Crippen molar-refractivity contribution in [2.45, 2.75) is 39.3 Å². The van der Waals surface area contributed by atoms with Gasteiger partial charge in [0.2, 0.25) is 0 Å². The van der Waals surface area contributed by atoms with Crippen molar-refractivity contribution in [3.8, 4) is 0 Å². The van der Waals surface area contributed by atoms with Gasteiger partial charge in [-0.1, -0.05) is 13.8 Å². The van der Waals surface area contributed by atoms with Crippen LogP contribution in [0, 0.1) is 0 Å². The first-order valence-electron chi connectivity index (χ1n) is 5.74. The molecule has 0 aliphatic rings. The van der Waals surface area contributed by atoms with Crippen molar-refractivity contribution < 1.29 is 4.42 Å². The van der Waals surface area contributed by atoms with E-state index in [9.17, 15) is 0 Å². The van der Waals surface area contributed by atoms with E-state index in [-0.39, 0.29) is 0 Å². The van der Waals surface area contributed by atoms with Gasteiger partial charge in [0.1, 0.15) is 0 Å². The molecule has 2 N–H and O–H groups in total. The Bertz CT molecular complexity index is 232. The van der Waals surface area contributed by atoms with E-state index in [1.807, 2.05) is 6.07 Å². The first kappa shape index (κ1) is 12.3. The molecule has 0 saturated heterocycles. The van der Waals surface area contributed by atoms with Crippen LogP contribution < -0.4 is 10.6 Å². The number of rotatable bonds is 8. The maximum atomic E-state index is 4.99. The maximum Gasteiger partial charge on any atom is 0.0947 e. The molecule has 0 bridgehead atoms. The van der Waals surface area contributed by atoms with Crippen molar-refractivity contribution in [1.82, 2.24) is 10.6 Å². The van der Waals surface area contributed by atoms with E-state index in [2.05, 4.69) is 24.5 Å². The van der Waals surface area contributed by atoms with Crippen LogP contribution in [0.5, 0.6) is 0 Å². The lowest BCUT2D eigenvalue weighted by Gasteiger charge is -2.07. The van der Waals surface area contributed by atoms with Gasteiger partial charge in [-0.15, -0.1) is 0 Å². The molecule has 0 unspecified atom stereocenters. The van der Waals surface area contributed by atoms with Gasteiger partial charge < -0.3 is 15.1 Å². The van der Waals surface area contributed by atoms with Crippen LogP contribution in [0.3, 0.4) is 0 Å². The predicted octanol–water partition coefficient (Wildman–Crippen LogP) is 2.15. The molecule has 1 aromatic heterocycles. The Morgan fingerprint density at radius 3 is 2.73 bits per heavy atom. The molecule has 86 valence electrons. The normalized spacial score (nSPS) is 11.1. The van der Waals surface area contributed by atoms with Crippen LogP contribution in [0.25, 0.3) is 0 Å². The van der Waals surface area contributed by atoms with Crippen LogP contribution in [0.1, 0.15) is 32.3 Å². The summed E-state index contributed by atoms with van der Waals surface area (Å²) in [5, 5.41) is 6.80. The SMILES string of the molecule is CC(C)NCCCCNCc1ccoc1. The minimum absolute atomic E-state index is 0.601. The fourth-order valence-electron chi connectivity index (χ4n) is 1.39. The maximum absolute atomic E-state index is 4.99. The average molecular weight is 210 g/mol. The molecule has 15 heavy (non-hydrogen) atoms. The lowest BCUT2D eigenvalue weighted by molar-refractivity contribution is 0.537. The van der Waals surface area contributed by atoms with Crippen LogP contribution in [0.15, 0.2) is 23.0 Å². The zero-order valence-corrected chi connectivity index (χ0v) is 9.75. The Morgan fingerprint density at radius 1 is 1.27 bits per heavy atom. The third-order valence-electron chi connectivity index (χ3n) is 2.24. The minimum Gasteiger partial charge on any atom is -0.472 e. The van der Waals surface area contributed by atoms with Crippen LogP contribution in [-0.2, 0) is 6.54 Å². The second-order valence-electron chi connectivity index (χ2n) is 4.12. The lowest BCUT2D eigenvalue weighted by Crippen LogP contribution is -2.24. The van der Waals surface area contributed by atoms with E-state index >= 15 is 0 Å². The highest BCUT2D eigenvalue weighted by Crippen LogP contribution is 1.98. The summed E-state index contributed by atoms with van der Waals surface area (Å²) in [6.45, 7) is 7.46. The van der Waals surface area contributed by atoms with E-state index in [0.717, 1.165) is 19.6 Å². The van der Waals surface area contributed by atoms with Gasteiger partial charge in [-0.05, 0) is 32.0 Å². The fourth-order valence-corrected chi connectivity index (χ4v) is 1.39. The van der Waals surface area contributed by atoms with Crippen LogP contribution in [0.2, 0.25) is 0 Å². The third-order valence-corrected chi connectivity index (χ3v) is 2.24. The monoisotopic (exact) mass is 210 g/mol. The van der Waals surface area contributed by atoms with Gasteiger partial charge in [-0.25, -0.2) is 0 Å². The third kappa shape index (κ3) is 6.31. The highest BCUT2D eigenvalue weighted by Gasteiger charge is 1.94. The Kier molecular flexibility index (Phi) is 6.12. The molecule has 1 heterocycles. The van der Waals surface area contributed by atoms with Gasteiger partial charge >= 0.3 is 0 Å². The quantitative estimate of drug-likeness (QED) is 0.646. The van der Waals surface area contributed by atoms with E-state index in [0.29, 0.717) is 6.04 Å². The van der Waals surface area contributed by atoms with Crippen LogP contribution in [-0.4, -0.2) is 19.1 Å². The molecule has 0 amide bonds. The first-order chi connectivity index (χ1) is 7.29. The summed E-state index contributed by atoms with van der Waals surface area (Å²) in [5.41, 5.74) is 1.22. The van der Waals surface area contributed by atoms with Crippen molar-refractivity contribution in [2.75, 3.05) is 13.1 Å². The zero-order valence-electron chi connectivity index (χ0n) is 9.75. The van der Waals surface area contributed by atoms with Crippen molar-refractivity contribution in [1.29, 1.82) is 0 Å². The van der Waals surface area contributed by atoms with Gasteiger partial charge in [-0.3, -0.25) is 0 Å². The number of furan rings is 1. The molecule has 0 spiro atoms. The number of hydrogen-bond acceptors (Lipinski definition) is 3. The van der Waals surface area contributed by atoms with E-state index in [1.54, 1.807) is 12.5 Å². The second-order valence-corrected chi connectivity index (χ2v) is 4.12. The largest absolute Gasteiger partial charge is 0.472 e. The summed E-state index contributed by atoms with van der Waals surface area (Å²) in [6, 6.07) is 2.59. The van der Waals surface area contributed by atoms with E-state index in [4.69, 9.17) is 4.42 Å². The number of hydrogen-bond donors (Lipinski definition) is 2. The smallest absolute Gasteiger partial charge is 0.0947 e. The van der Waals surface area contributed by atoms with E-state index in [1.165, 1.54) is 18.4 Å². The summed E-state index contributed by atoms with van der Waals surface area (Å²) >= 11 is 0. The second kappa shape index (κ2) is 7.49. The molecule has 0 radical (unpaired) electrons. The van der Waals surface area contributed by atoms with Gasteiger partial charge in [0, 0.05) is 18.2 Å². The molecule has 3 nitrogen and oxygen atoms in total. The molecule has 0 atom stereocenters. The molecule has 3 heteroatoms. The Labute approximate surface area is 92.2 Å². The average Bonchev–Trinajstić information content (AvgIpc) is 2.68. The van der Waals surface area contributed by atoms with Gasteiger partial charge in [0.25, 0.3) is 0 Å². The molecule has 0 aliphatic heterocycles. The molecule has 1 aromatic rings. The Morgan fingerprint density at radius 2 is 2.07 bits per heavy atom. The van der Waals surface area contributed by atoms with Gasteiger partial charge in [-0.2, -0.15) is 0 Å². The summed E-state index contributed by atoms with van der Waals surface area (Å²) in [4.78, 5) is 0. The Hall–Kier alpha value is -0.800.